The molecule has 0 bridgehead atoms. The number of carbonyl (C=O) groups excluding carboxylic acids is 2. The van der Waals surface area contributed by atoms with Gasteiger partial charge in [-0.25, -0.2) is 4.79 Å². The minimum Gasteiger partial charge on any atom is -0.351 e. The largest absolute Gasteiger partial charge is 0.351 e. The summed E-state index contributed by atoms with van der Waals surface area (Å²) in [5.74, 6) is -0.463. The van der Waals surface area contributed by atoms with E-state index in [4.69, 9.17) is 5.73 Å². The SMILES string of the molecule is Cc1ccc(C)n1NCC(=O)NC(N)=O. The molecule has 0 aliphatic carbocycles. The molecule has 0 atom stereocenters. The fourth-order valence-corrected chi connectivity index (χ4v) is 1.25. The second-order valence-corrected chi connectivity index (χ2v) is 3.20. The van der Waals surface area contributed by atoms with Crippen molar-refractivity contribution in [1.29, 1.82) is 0 Å². The first-order valence-corrected chi connectivity index (χ1v) is 4.49. The van der Waals surface area contributed by atoms with Crippen molar-refractivity contribution in [2.45, 2.75) is 13.8 Å². The molecule has 82 valence electrons. The molecule has 4 N–H and O–H groups in total. The molecule has 0 spiro atoms. The number of carbonyl (C=O) groups is 2. The predicted molar refractivity (Wildman–Crippen MR) is 55.9 cm³/mol. The van der Waals surface area contributed by atoms with E-state index in [-0.39, 0.29) is 6.54 Å². The van der Waals surface area contributed by atoms with E-state index in [9.17, 15) is 9.59 Å². The molecule has 0 saturated carbocycles. The van der Waals surface area contributed by atoms with Gasteiger partial charge >= 0.3 is 6.03 Å². The monoisotopic (exact) mass is 210 g/mol. The van der Waals surface area contributed by atoms with Crippen LogP contribution in [0.15, 0.2) is 12.1 Å². The van der Waals surface area contributed by atoms with Crippen molar-refractivity contribution in [3.8, 4) is 0 Å². The minimum atomic E-state index is -0.845. The first-order chi connectivity index (χ1) is 7.00. The van der Waals surface area contributed by atoms with Crippen LogP contribution < -0.4 is 16.5 Å². The van der Waals surface area contributed by atoms with Crippen molar-refractivity contribution in [3.63, 3.8) is 0 Å². The summed E-state index contributed by atoms with van der Waals surface area (Å²) in [4.78, 5) is 21.4. The van der Waals surface area contributed by atoms with Gasteiger partial charge in [-0.3, -0.25) is 14.8 Å². The lowest BCUT2D eigenvalue weighted by Crippen LogP contribution is -2.40. The Morgan fingerprint density at radius 2 is 1.87 bits per heavy atom. The van der Waals surface area contributed by atoms with Gasteiger partial charge in [0.1, 0.15) is 6.54 Å². The van der Waals surface area contributed by atoms with Crippen LogP contribution in [0.2, 0.25) is 0 Å². The van der Waals surface area contributed by atoms with Crippen LogP contribution in [0.25, 0.3) is 0 Å². The van der Waals surface area contributed by atoms with Gasteiger partial charge in [-0.2, -0.15) is 0 Å². The summed E-state index contributed by atoms with van der Waals surface area (Å²) in [5.41, 5.74) is 9.63. The molecule has 1 aromatic rings. The molecule has 0 aromatic carbocycles. The van der Waals surface area contributed by atoms with Gasteiger partial charge in [-0.1, -0.05) is 0 Å². The quantitative estimate of drug-likeness (QED) is 0.647. The molecule has 1 heterocycles. The van der Waals surface area contributed by atoms with Crippen molar-refractivity contribution >= 4 is 11.9 Å². The Morgan fingerprint density at radius 1 is 1.33 bits per heavy atom. The number of nitrogens with zero attached hydrogens (tertiary/aromatic N) is 1. The highest BCUT2D eigenvalue weighted by Crippen LogP contribution is 2.03. The highest BCUT2D eigenvalue weighted by Gasteiger charge is 2.05. The van der Waals surface area contributed by atoms with Gasteiger partial charge < -0.3 is 11.2 Å². The maximum absolute atomic E-state index is 11.1. The second-order valence-electron chi connectivity index (χ2n) is 3.20. The Kier molecular flexibility index (Phi) is 3.33. The summed E-state index contributed by atoms with van der Waals surface area (Å²) in [7, 11) is 0. The average molecular weight is 210 g/mol. The van der Waals surface area contributed by atoms with Gasteiger partial charge in [0, 0.05) is 11.4 Å². The Labute approximate surface area is 87.4 Å². The van der Waals surface area contributed by atoms with Gasteiger partial charge in [-0.05, 0) is 26.0 Å². The van der Waals surface area contributed by atoms with E-state index in [0.717, 1.165) is 11.4 Å². The summed E-state index contributed by atoms with van der Waals surface area (Å²) >= 11 is 0. The fourth-order valence-electron chi connectivity index (χ4n) is 1.25. The van der Waals surface area contributed by atoms with E-state index < -0.39 is 11.9 Å². The summed E-state index contributed by atoms with van der Waals surface area (Å²) in [5, 5.41) is 1.97. The van der Waals surface area contributed by atoms with E-state index >= 15 is 0 Å². The number of rotatable bonds is 3. The number of hydrogen-bond donors (Lipinski definition) is 3. The molecular formula is C9H14N4O2. The zero-order valence-corrected chi connectivity index (χ0v) is 8.70. The highest BCUT2D eigenvalue weighted by atomic mass is 16.2. The number of imide groups is 1. The molecule has 15 heavy (non-hydrogen) atoms. The third-order valence-electron chi connectivity index (χ3n) is 1.93. The van der Waals surface area contributed by atoms with Crippen LogP contribution in [-0.2, 0) is 4.79 Å². The number of aryl methyl sites for hydroxylation is 2. The topological polar surface area (TPSA) is 89.2 Å². The molecule has 6 nitrogen and oxygen atoms in total. The lowest BCUT2D eigenvalue weighted by molar-refractivity contribution is -0.118. The molecule has 3 amide bonds. The molecule has 0 aliphatic heterocycles. The smallest absolute Gasteiger partial charge is 0.318 e. The van der Waals surface area contributed by atoms with Gasteiger partial charge in [0.25, 0.3) is 0 Å². The number of nitrogens with one attached hydrogen (secondary N) is 2. The van der Waals surface area contributed by atoms with E-state index in [1.165, 1.54) is 0 Å². The maximum Gasteiger partial charge on any atom is 0.318 e. The zero-order valence-electron chi connectivity index (χ0n) is 8.70. The van der Waals surface area contributed by atoms with Crippen molar-refractivity contribution in [2.24, 2.45) is 5.73 Å². The third kappa shape index (κ3) is 3.01. The van der Waals surface area contributed by atoms with Crippen LogP contribution in [0.3, 0.4) is 0 Å². The van der Waals surface area contributed by atoms with Crippen LogP contribution in [0.1, 0.15) is 11.4 Å². The van der Waals surface area contributed by atoms with Gasteiger partial charge in [0.05, 0.1) is 0 Å². The number of amides is 3. The molecule has 6 heteroatoms. The minimum absolute atomic E-state index is 0.000694. The van der Waals surface area contributed by atoms with Crippen LogP contribution in [-0.4, -0.2) is 23.2 Å². The molecule has 0 unspecified atom stereocenters. The van der Waals surface area contributed by atoms with E-state index in [1.54, 1.807) is 4.68 Å². The van der Waals surface area contributed by atoms with Crippen molar-refractivity contribution in [1.82, 2.24) is 9.99 Å². The molecule has 0 saturated heterocycles. The Bertz CT molecular complexity index is 364. The molecule has 0 aliphatic rings. The Balaban J connectivity index is 2.50. The second kappa shape index (κ2) is 4.50. The van der Waals surface area contributed by atoms with Gasteiger partial charge in [0.15, 0.2) is 0 Å². The molecular weight excluding hydrogens is 196 g/mol. The van der Waals surface area contributed by atoms with Crippen LogP contribution in [0.5, 0.6) is 0 Å². The summed E-state index contributed by atoms with van der Waals surface area (Å²) < 4.78 is 1.76. The van der Waals surface area contributed by atoms with E-state index in [2.05, 4.69) is 5.43 Å². The van der Waals surface area contributed by atoms with E-state index in [0.29, 0.717) is 0 Å². The lowest BCUT2D eigenvalue weighted by atomic mass is 10.5. The number of aromatic nitrogens is 1. The summed E-state index contributed by atoms with van der Waals surface area (Å²) in [6, 6.07) is 3.01. The number of urea groups is 1. The number of nitrogens with two attached hydrogens (primary N) is 1. The lowest BCUT2D eigenvalue weighted by Gasteiger charge is -2.11. The molecule has 1 rings (SSSR count). The van der Waals surface area contributed by atoms with Crippen LogP contribution >= 0.6 is 0 Å². The summed E-state index contributed by atoms with van der Waals surface area (Å²) in [6.07, 6.45) is 0. The fraction of sp³-hybridized carbons (Fsp3) is 0.333. The number of primary amides is 1. The van der Waals surface area contributed by atoms with Crippen molar-refractivity contribution in [2.75, 3.05) is 12.0 Å². The van der Waals surface area contributed by atoms with Crippen molar-refractivity contribution < 1.29 is 9.59 Å². The average Bonchev–Trinajstić information content (AvgIpc) is 2.42. The zero-order chi connectivity index (χ0) is 11.4. The maximum atomic E-state index is 11.1. The molecule has 0 fully saturated rings. The first kappa shape index (κ1) is 11.1. The van der Waals surface area contributed by atoms with Gasteiger partial charge in [0.2, 0.25) is 5.91 Å². The third-order valence-corrected chi connectivity index (χ3v) is 1.93. The van der Waals surface area contributed by atoms with Crippen LogP contribution in [0, 0.1) is 13.8 Å². The molecule has 0 radical (unpaired) electrons. The van der Waals surface area contributed by atoms with Crippen molar-refractivity contribution in [3.05, 3.63) is 23.5 Å². The highest BCUT2D eigenvalue weighted by molar-refractivity contribution is 5.94. The normalized spacial score (nSPS) is 9.73. The van der Waals surface area contributed by atoms with Crippen LogP contribution in [0.4, 0.5) is 4.79 Å². The Morgan fingerprint density at radius 3 is 2.33 bits per heavy atom. The Hall–Kier alpha value is -1.98. The van der Waals surface area contributed by atoms with Gasteiger partial charge in [-0.15, -0.1) is 0 Å². The summed E-state index contributed by atoms with van der Waals surface area (Å²) in [6.45, 7) is 3.82. The molecule has 1 aromatic heterocycles. The predicted octanol–water partition coefficient (Wildman–Crippen LogP) is -0.157. The standard InChI is InChI=1S/C9H14N4O2/c1-6-3-4-7(2)13(6)11-5-8(14)12-9(10)15/h3-4,11H,5H2,1-2H3,(H3,10,12,14,15). The first-order valence-electron chi connectivity index (χ1n) is 4.49. The van der Waals surface area contributed by atoms with E-state index in [1.807, 2.05) is 31.3 Å². The number of hydrogen-bond acceptors (Lipinski definition) is 3.